The molecule has 0 saturated carbocycles. The van der Waals surface area contributed by atoms with Gasteiger partial charge in [-0.2, -0.15) is 0 Å². The SMILES string of the molecule is Cl.O=C(c1cc(N2CCNC2=O)ccc1Cl)N1CCC2CCC(C1)N2. The molecule has 3 aliphatic heterocycles. The first-order valence-corrected chi connectivity index (χ1v) is 8.90. The highest BCUT2D eigenvalue weighted by Gasteiger charge is 2.32. The average Bonchev–Trinajstić information content (AvgIpc) is 3.13. The number of anilines is 1. The molecule has 3 amide bonds. The molecule has 3 fully saturated rings. The summed E-state index contributed by atoms with van der Waals surface area (Å²) in [5.74, 6) is -0.0456. The molecule has 6 nitrogen and oxygen atoms in total. The number of rotatable bonds is 2. The number of nitrogens with one attached hydrogen (secondary N) is 2. The molecule has 136 valence electrons. The fraction of sp³-hybridized carbons (Fsp3) is 0.529. The molecular weight excluding hydrogens is 363 g/mol. The maximum absolute atomic E-state index is 13.0. The van der Waals surface area contributed by atoms with E-state index in [1.165, 1.54) is 6.42 Å². The Morgan fingerprint density at radius 3 is 2.72 bits per heavy atom. The summed E-state index contributed by atoms with van der Waals surface area (Å²) in [5.41, 5.74) is 1.19. The van der Waals surface area contributed by atoms with Crippen LogP contribution < -0.4 is 15.5 Å². The van der Waals surface area contributed by atoms with Gasteiger partial charge in [-0.15, -0.1) is 12.4 Å². The number of nitrogens with zero attached hydrogens (tertiary/aromatic N) is 2. The van der Waals surface area contributed by atoms with Crippen molar-refractivity contribution in [1.29, 1.82) is 0 Å². The van der Waals surface area contributed by atoms with Crippen molar-refractivity contribution in [3.8, 4) is 0 Å². The zero-order valence-electron chi connectivity index (χ0n) is 13.8. The lowest BCUT2D eigenvalue weighted by molar-refractivity contribution is 0.0748. The molecule has 8 heteroatoms. The molecule has 1 aromatic carbocycles. The van der Waals surface area contributed by atoms with Crippen LogP contribution in [0.4, 0.5) is 10.5 Å². The molecule has 0 aliphatic carbocycles. The summed E-state index contributed by atoms with van der Waals surface area (Å²) < 4.78 is 0. The van der Waals surface area contributed by atoms with E-state index in [0.717, 1.165) is 25.9 Å². The van der Waals surface area contributed by atoms with Gasteiger partial charge in [-0.25, -0.2) is 4.79 Å². The third-order valence-electron chi connectivity index (χ3n) is 5.16. The first-order valence-electron chi connectivity index (χ1n) is 8.52. The quantitative estimate of drug-likeness (QED) is 0.821. The van der Waals surface area contributed by atoms with Crippen molar-refractivity contribution in [2.75, 3.05) is 31.1 Å². The van der Waals surface area contributed by atoms with E-state index in [2.05, 4.69) is 10.6 Å². The zero-order valence-corrected chi connectivity index (χ0v) is 15.4. The number of carbonyl (C=O) groups is 2. The second-order valence-electron chi connectivity index (χ2n) is 6.73. The van der Waals surface area contributed by atoms with Crippen molar-refractivity contribution in [1.82, 2.24) is 15.5 Å². The highest BCUT2D eigenvalue weighted by atomic mass is 35.5. The molecule has 25 heavy (non-hydrogen) atoms. The van der Waals surface area contributed by atoms with Crippen LogP contribution in [-0.4, -0.2) is 55.1 Å². The minimum absolute atomic E-state index is 0. The predicted octanol–water partition coefficient (Wildman–Crippen LogP) is 2.26. The Bertz CT molecular complexity index is 685. The van der Waals surface area contributed by atoms with Crippen LogP contribution in [-0.2, 0) is 0 Å². The van der Waals surface area contributed by atoms with Gasteiger partial charge in [0.15, 0.2) is 0 Å². The van der Waals surface area contributed by atoms with Crippen molar-refractivity contribution in [2.24, 2.45) is 0 Å². The topological polar surface area (TPSA) is 64.7 Å². The molecule has 3 aliphatic rings. The van der Waals surface area contributed by atoms with Gasteiger partial charge >= 0.3 is 6.03 Å². The van der Waals surface area contributed by atoms with Crippen LogP contribution in [0.1, 0.15) is 29.6 Å². The predicted molar refractivity (Wildman–Crippen MR) is 99.9 cm³/mol. The number of carbonyl (C=O) groups excluding carboxylic acids is 2. The lowest BCUT2D eigenvalue weighted by Crippen LogP contribution is -2.39. The Hall–Kier alpha value is -1.50. The molecule has 0 spiro atoms. The zero-order chi connectivity index (χ0) is 16.7. The van der Waals surface area contributed by atoms with Gasteiger partial charge in [-0.1, -0.05) is 11.6 Å². The van der Waals surface area contributed by atoms with E-state index in [9.17, 15) is 9.59 Å². The molecule has 2 bridgehead atoms. The van der Waals surface area contributed by atoms with Crippen molar-refractivity contribution in [3.05, 3.63) is 28.8 Å². The number of hydrogen-bond donors (Lipinski definition) is 2. The van der Waals surface area contributed by atoms with Crippen molar-refractivity contribution in [3.63, 3.8) is 0 Å². The summed E-state index contributed by atoms with van der Waals surface area (Å²) in [6.45, 7) is 2.69. The number of urea groups is 1. The van der Waals surface area contributed by atoms with Crippen LogP contribution in [0.25, 0.3) is 0 Å². The van der Waals surface area contributed by atoms with Crippen LogP contribution in [0.15, 0.2) is 18.2 Å². The van der Waals surface area contributed by atoms with Gasteiger partial charge < -0.3 is 15.5 Å². The Kier molecular flexibility index (Phi) is 5.41. The van der Waals surface area contributed by atoms with E-state index in [1.807, 2.05) is 4.90 Å². The molecule has 3 saturated heterocycles. The number of halogens is 2. The first-order chi connectivity index (χ1) is 11.6. The third-order valence-corrected chi connectivity index (χ3v) is 5.49. The van der Waals surface area contributed by atoms with Crippen LogP contribution in [0.3, 0.4) is 0 Å². The van der Waals surface area contributed by atoms with Gasteiger partial charge in [0, 0.05) is 44.0 Å². The van der Waals surface area contributed by atoms with E-state index in [1.54, 1.807) is 23.1 Å². The Balaban J connectivity index is 0.00000182. The second-order valence-corrected chi connectivity index (χ2v) is 7.13. The molecule has 0 aromatic heterocycles. The van der Waals surface area contributed by atoms with Crippen LogP contribution in [0.5, 0.6) is 0 Å². The van der Waals surface area contributed by atoms with Gasteiger partial charge in [0.2, 0.25) is 0 Å². The summed E-state index contributed by atoms with van der Waals surface area (Å²) in [6, 6.07) is 6.02. The van der Waals surface area contributed by atoms with Gasteiger partial charge in [-0.3, -0.25) is 9.69 Å². The van der Waals surface area contributed by atoms with Crippen molar-refractivity contribution >= 4 is 41.6 Å². The Morgan fingerprint density at radius 1 is 1.16 bits per heavy atom. The monoisotopic (exact) mass is 384 g/mol. The fourth-order valence-corrected chi connectivity index (χ4v) is 4.06. The average molecular weight is 385 g/mol. The first kappa shape index (κ1) is 18.3. The largest absolute Gasteiger partial charge is 0.337 e. The number of fused-ring (bicyclic) bond motifs is 2. The summed E-state index contributed by atoms with van der Waals surface area (Å²) in [5, 5.41) is 6.79. The van der Waals surface area contributed by atoms with Crippen LogP contribution in [0, 0.1) is 0 Å². The maximum atomic E-state index is 13.0. The minimum Gasteiger partial charge on any atom is -0.337 e. The molecule has 1 aromatic rings. The summed E-state index contributed by atoms with van der Waals surface area (Å²) in [4.78, 5) is 28.4. The molecule has 2 N–H and O–H groups in total. The summed E-state index contributed by atoms with van der Waals surface area (Å²) in [7, 11) is 0. The van der Waals surface area contributed by atoms with Gasteiger partial charge in [0.05, 0.1) is 10.6 Å². The maximum Gasteiger partial charge on any atom is 0.321 e. The molecule has 2 atom stereocenters. The standard InChI is InChI=1S/C17H21ClN4O2.ClH/c18-15-4-3-13(22-8-6-19-17(22)24)9-14(15)16(23)21-7-5-11-1-2-12(10-21)20-11;/h3-4,9,11-12,20H,1-2,5-8,10H2,(H,19,24);1H. The number of hydrogen-bond acceptors (Lipinski definition) is 3. The smallest absolute Gasteiger partial charge is 0.321 e. The van der Waals surface area contributed by atoms with Gasteiger partial charge in [0.1, 0.15) is 0 Å². The minimum atomic E-state index is -0.132. The lowest BCUT2D eigenvalue weighted by Gasteiger charge is -2.25. The highest BCUT2D eigenvalue weighted by Crippen LogP contribution is 2.27. The van der Waals surface area contributed by atoms with Crippen LogP contribution >= 0.6 is 24.0 Å². The number of benzene rings is 1. The lowest BCUT2D eigenvalue weighted by atomic mass is 10.1. The van der Waals surface area contributed by atoms with Crippen LogP contribution in [0.2, 0.25) is 5.02 Å². The molecule has 4 rings (SSSR count). The summed E-state index contributed by atoms with van der Waals surface area (Å²) >= 11 is 6.29. The third kappa shape index (κ3) is 3.57. The molecule has 0 radical (unpaired) electrons. The Labute approximate surface area is 158 Å². The molecular formula is C17H22Cl2N4O2. The van der Waals surface area contributed by atoms with E-state index in [-0.39, 0.29) is 24.3 Å². The molecule has 2 unspecified atom stereocenters. The van der Waals surface area contributed by atoms with E-state index >= 15 is 0 Å². The second kappa shape index (κ2) is 7.40. The summed E-state index contributed by atoms with van der Waals surface area (Å²) in [6.07, 6.45) is 3.30. The van der Waals surface area contributed by atoms with Crippen molar-refractivity contribution in [2.45, 2.75) is 31.3 Å². The Morgan fingerprint density at radius 2 is 1.96 bits per heavy atom. The van der Waals surface area contributed by atoms with Crippen molar-refractivity contribution < 1.29 is 9.59 Å². The fourth-order valence-electron chi connectivity index (χ4n) is 3.86. The molecule has 3 heterocycles. The normalized spacial score (nSPS) is 25.4. The number of likely N-dealkylation sites (tertiary alicyclic amines) is 1. The van der Waals surface area contributed by atoms with Gasteiger partial charge in [-0.05, 0) is 37.5 Å². The van der Waals surface area contributed by atoms with Gasteiger partial charge in [0.25, 0.3) is 5.91 Å². The number of amides is 3. The van der Waals surface area contributed by atoms with E-state index in [4.69, 9.17) is 11.6 Å². The van der Waals surface area contributed by atoms with E-state index < -0.39 is 0 Å². The highest BCUT2D eigenvalue weighted by molar-refractivity contribution is 6.34. The van der Waals surface area contributed by atoms with E-state index in [0.29, 0.717) is 41.4 Å².